The molecule has 2 heterocycles. The Hall–Kier alpha value is -2.62. The van der Waals surface area contributed by atoms with E-state index in [1.165, 1.54) is 11.3 Å². The van der Waals surface area contributed by atoms with E-state index in [0.29, 0.717) is 36.1 Å². The third kappa shape index (κ3) is 4.36. The third-order valence-electron chi connectivity index (χ3n) is 4.90. The van der Waals surface area contributed by atoms with Gasteiger partial charge < -0.3 is 9.72 Å². The van der Waals surface area contributed by atoms with Gasteiger partial charge in [0.25, 0.3) is 5.56 Å². The molecular weight excluding hydrogens is 406 g/mol. The van der Waals surface area contributed by atoms with Crippen LogP contribution in [0, 0.1) is 11.3 Å². The van der Waals surface area contributed by atoms with Crippen LogP contribution in [0.3, 0.4) is 0 Å². The van der Waals surface area contributed by atoms with Crippen molar-refractivity contribution in [1.82, 2.24) is 9.97 Å². The van der Waals surface area contributed by atoms with Crippen LogP contribution in [0.5, 0.6) is 5.75 Å². The molecular formula is C22H20ClN3O2S. The molecule has 0 unspecified atom stereocenters. The number of unbranched alkanes of at least 4 members (excludes halogenated alkanes) is 1. The number of nitrogens with one attached hydrogen (secondary N) is 1. The number of ether oxygens (including phenoxy) is 1. The number of aromatic nitrogens is 2. The average molecular weight is 426 g/mol. The molecule has 0 atom stereocenters. The maximum atomic E-state index is 12.7. The topological polar surface area (TPSA) is 78.8 Å². The minimum absolute atomic E-state index is 0.120. The Morgan fingerprint density at radius 2 is 2.24 bits per heavy atom. The molecule has 0 spiro atoms. The van der Waals surface area contributed by atoms with Crippen LogP contribution in [0.2, 0.25) is 0 Å². The van der Waals surface area contributed by atoms with E-state index in [-0.39, 0.29) is 5.56 Å². The molecule has 0 radical (unpaired) electrons. The third-order valence-corrected chi connectivity index (χ3v) is 6.38. The maximum absolute atomic E-state index is 12.7. The van der Waals surface area contributed by atoms with Gasteiger partial charge in [-0.15, -0.1) is 11.3 Å². The van der Waals surface area contributed by atoms with Crippen LogP contribution in [0.1, 0.15) is 47.5 Å². The summed E-state index contributed by atoms with van der Waals surface area (Å²) in [4.78, 5) is 22.2. The molecule has 1 aromatic carbocycles. The highest BCUT2D eigenvalue weighted by molar-refractivity contribution is 7.18. The fourth-order valence-electron chi connectivity index (χ4n) is 3.53. The highest BCUT2D eigenvalue weighted by Crippen LogP contribution is 2.34. The zero-order valence-electron chi connectivity index (χ0n) is 15.8. The molecule has 3 aromatic rings. The van der Waals surface area contributed by atoms with Gasteiger partial charge in [-0.25, -0.2) is 4.98 Å². The predicted molar refractivity (Wildman–Crippen MR) is 117 cm³/mol. The standard InChI is InChI=1S/C22H20ClN3O2S/c23-17(13-14-6-5-7-15(12-14)28-11-4-3-10-24)20-25-21(27)19-16-8-1-2-9-18(16)29-22(19)26-20/h5-7,12-13H,1-4,8-9,11H2,(H,25,26,27)/b17-13+. The van der Waals surface area contributed by atoms with Crippen LogP contribution < -0.4 is 10.3 Å². The van der Waals surface area contributed by atoms with E-state index in [9.17, 15) is 4.79 Å². The highest BCUT2D eigenvalue weighted by atomic mass is 35.5. The van der Waals surface area contributed by atoms with Crippen LogP contribution in [0.15, 0.2) is 29.1 Å². The van der Waals surface area contributed by atoms with Gasteiger partial charge in [0.05, 0.1) is 23.1 Å². The van der Waals surface area contributed by atoms with Gasteiger partial charge in [0.1, 0.15) is 10.6 Å². The first-order valence-corrected chi connectivity index (χ1v) is 10.9. The van der Waals surface area contributed by atoms with Crippen molar-refractivity contribution in [2.24, 2.45) is 0 Å². The first-order valence-electron chi connectivity index (χ1n) is 9.67. The summed E-state index contributed by atoms with van der Waals surface area (Å²) in [5, 5.41) is 9.69. The van der Waals surface area contributed by atoms with Gasteiger partial charge in [-0.3, -0.25) is 4.79 Å². The van der Waals surface area contributed by atoms with Crippen molar-refractivity contribution < 1.29 is 4.74 Å². The molecule has 4 rings (SSSR count). The number of thiophene rings is 1. The van der Waals surface area contributed by atoms with Gasteiger partial charge in [0.15, 0.2) is 5.82 Å². The summed E-state index contributed by atoms with van der Waals surface area (Å²) in [5.41, 5.74) is 1.89. The lowest BCUT2D eigenvalue weighted by molar-refractivity contribution is 0.312. The Bertz CT molecular complexity index is 1170. The van der Waals surface area contributed by atoms with E-state index < -0.39 is 0 Å². The summed E-state index contributed by atoms with van der Waals surface area (Å²) in [6.07, 6.45) is 7.18. The zero-order valence-corrected chi connectivity index (χ0v) is 17.4. The van der Waals surface area contributed by atoms with E-state index in [1.54, 1.807) is 17.4 Å². The summed E-state index contributed by atoms with van der Waals surface area (Å²) in [6.45, 7) is 0.489. The minimum Gasteiger partial charge on any atom is -0.494 e. The van der Waals surface area contributed by atoms with Gasteiger partial charge in [-0.1, -0.05) is 23.7 Å². The average Bonchev–Trinajstić information content (AvgIpc) is 3.10. The number of aryl methyl sites for hydroxylation is 2. The summed E-state index contributed by atoms with van der Waals surface area (Å²) in [7, 11) is 0. The number of rotatable bonds is 6. The monoisotopic (exact) mass is 425 g/mol. The number of fused-ring (bicyclic) bond motifs is 3. The molecule has 0 fully saturated rings. The quantitative estimate of drug-likeness (QED) is 0.544. The van der Waals surface area contributed by atoms with Crippen LogP contribution >= 0.6 is 22.9 Å². The van der Waals surface area contributed by atoms with Gasteiger partial charge in [-0.2, -0.15) is 5.26 Å². The zero-order chi connectivity index (χ0) is 20.2. The van der Waals surface area contributed by atoms with E-state index in [2.05, 4.69) is 16.0 Å². The second-order valence-electron chi connectivity index (χ2n) is 6.98. The van der Waals surface area contributed by atoms with Crippen LogP contribution in [0.4, 0.5) is 0 Å². The lowest BCUT2D eigenvalue weighted by atomic mass is 9.97. The van der Waals surface area contributed by atoms with Gasteiger partial charge in [0.2, 0.25) is 0 Å². The number of aromatic amines is 1. The molecule has 0 saturated heterocycles. The van der Waals surface area contributed by atoms with Gasteiger partial charge in [0, 0.05) is 11.3 Å². The number of hydrogen-bond acceptors (Lipinski definition) is 5. The molecule has 5 nitrogen and oxygen atoms in total. The second kappa shape index (κ2) is 8.81. The highest BCUT2D eigenvalue weighted by Gasteiger charge is 2.20. The van der Waals surface area contributed by atoms with Crippen molar-refractivity contribution in [2.75, 3.05) is 6.61 Å². The molecule has 1 aliphatic carbocycles. The van der Waals surface area contributed by atoms with Gasteiger partial charge >= 0.3 is 0 Å². The maximum Gasteiger partial charge on any atom is 0.260 e. The summed E-state index contributed by atoms with van der Waals surface area (Å²) in [6, 6.07) is 9.62. The normalized spacial score (nSPS) is 13.9. The minimum atomic E-state index is -0.120. The Kier molecular flexibility index (Phi) is 5.98. The molecule has 7 heteroatoms. The largest absolute Gasteiger partial charge is 0.494 e. The van der Waals surface area contributed by atoms with Crippen molar-refractivity contribution in [3.8, 4) is 11.8 Å². The van der Waals surface area contributed by atoms with Crippen molar-refractivity contribution in [3.05, 3.63) is 56.4 Å². The molecule has 0 aliphatic heterocycles. The van der Waals surface area contributed by atoms with E-state index >= 15 is 0 Å². The molecule has 148 valence electrons. The van der Waals surface area contributed by atoms with Crippen molar-refractivity contribution in [3.63, 3.8) is 0 Å². The first-order chi connectivity index (χ1) is 14.2. The molecule has 2 aromatic heterocycles. The number of halogens is 1. The molecule has 0 amide bonds. The van der Waals surface area contributed by atoms with E-state index in [4.69, 9.17) is 21.6 Å². The molecule has 1 N–H and O–H groups in total. The Balaban J connectivity index is 1.60. The van der Waals surface area contributed by atoms with Crippen LogP contribution in [-0.2, 0) is 12.8 Å². The number of nitriles is 1. The van der Waals surface area contributed by atoms with Crippen molar-refractivity contribution in [2.45, 2.75) is 38.5 Å². The Labute approximate surface area is 177 Å². The van der Waals surface area contributed by atoms with Crippen molar-refractivity contribution >= 4 is 44.3 Å². The molecule has 29 heavy (non-hydrogen) atoms. The molecule has 0 bridgehead atoms. The van der Waals surface area contributed by atoms with E-state index in [0.717, 1.165) is 40.6 Å². The number of nitrogens with zero attached hydrogens (tertiary/aromatic N) is 2. The summed E-state index contributed by atoms with van der Waals surface area (Å²) in [5.74, 6) is 1.09. The molecule has 0 saturated carbocycles. The fraction of sp³-hybridized carbons (Fsp3) is 0.318. The van der Waals surface area contributed by atoms with Gasteiger partial charge in [-0.05, 0) is 61.4 Å². The molecule has 1 aliphatic rings. The Morgan fingerprint density at radius 1 is 1.38 bits per heavy atom. The number of benzene rings is 1. The lowest BCUT2D eigenvalue weighted by Gasteiger charge is -2.09. The van der Waals surface area contributed by atoms with Crippen LogP contribution in [0.25, 0.3) is 21.3 Å². The van der Waals surface area contributed by atoms with Crippen LogP contribution in [-0.4, -0.2) is 16.6 Å². The number of hydrogen-bond donors (Lipinski definition) is 1. The Morgan fingerprint density at radius 3 is 3.10 bits per heavy atom. The van der Waals surface area contributed by atoms with E-state index in [1.807, 2.05) is 24.3 Å². The second-order valence-corrected chi connectivity index (χ2v) is 8.47. The SMILES string of the molecule is N#CCCCOc1cccc(/C=C(/Cl)c2nc3sc4c(c3c(=O)[nH]2)CCCC4)c1. The summed E-state index contributed by atoms with van der Waals surface area (Å²) >= 11 is 8.10. The first kappa shape index (κ1) is 19.7. The van der Waals surface area contributed by atoms with Crippen molar-refractivity contribution in [1.29, 1.82) is 5.26 Å². The fourth-order valence-corrected chi connectivity index (χ4v) is 5.00. The lowest BCUT2D eigenvalue weighted by Crippen LogP contribution is -2.12. The predicted octanol–water partition coefficient (Wildman–Crippen LogP) is 5.28. The summed E-state index contributed by atoms with van der Waals surface area (Å²) < 4.78 is 5.66. The smallest absolute Gasteiger partial charge is 0.260 e. The number of H-pyrrole nitrogens is 1.